The van der Waals surface area contributed by atoms with Crippen LogP contribution in [-0.4, -0.2) is 26.9 Å². The molecule has 0 bridgehead atoms. The first-order valence-corrected chi connectivity index (χ1v) is 12.8. The van der Waals surface area contributed by atoms with Gasteiger partial charge in [-0.3, -0.25) is 14.2 Å². The number of hydrogen-bond acceptors (Lipinski definition) is 3. The maximum Gasteiger partial charge on any atom is 0.261 e. The highest BCUT2D eigenvalue weighted by molar-refractivity contribution is 5.78. The van der Waals surface area contributed by atoms with Gasteiger partial charge in [0.15, 0.2) is 0 Å². The first kappa shape index (κ1) is 25.4. The molecule has 1 unspecified atom stereocenters. The second-order valence-electron chi connectivity index (χ2n) is 9.80. The molecule has 1 atom stereocenters. The van der Waals surface area contributed by atoms with Crippen LogP contribution in [0, 0.1) is 5.92 Å². The zero-order valence-electron chi connectivity index (χ0n) is 21.4. The fraction of sp³-hybridized carbons (Fsp3) is 0.323. The van der Waals surface area contributed by atoms with Crippen molar-refractivity contribution in [3.8, 4) is 0 Å². The Morgan fingerprint density at radius 2 is 1.47 bits per heavy atom. The minimum absolute atomic E-state index is 0.0770. The fourth-order valence-electron chi connectivity index (χ4n) is 4.53. The number of para-hydroxylation sites is 1. The molecule has 4 rings (SSSR count). The van der Waals surface area contributed by atoms with Gasteiger partial charge in [0.2, 0.25) is 5.91 Å². The quantitative estimate of drug-likeness (QED) is 0.279. The van der Waals surface area contributed by atoms with E-state index < -0.39 is 0 Å². The average molecular weight is 482 g/mol. The molecule has 0 saturated heterocycles. The predicted molar refractivity (Wildman–Crippen MR) is 146 cm³/mol. The number of carbonyl (C=O) groups is 1. The summed E-state index contributed by atoms with van der Waals surface area (Å²) < 4.78 is 1.75. The van der Waals surface area contributed by atoms with E-state index in [2.05, 4.69) is 26.0 Å². The molecule has 0 radical (unpaired) electrons. The Hall–Kier alpha value is -3.73. The molecule has 36 heavy (non-hydrogen) atoms. The summed E-state index contributed by atoms with van der Waals surface area (Å²) in [4.78, 5) is 34.1. The number of benzene rings is 3. The maximum atomic E-state index is 13.6. The van der Waals surface area contributed by atoms with Crippen LogP contribution < -0.4 is 5.56 Å². The predicted octanol–water partition coefficient (Wildman–Crippen LogP) is 6.01. The van der Waals surface area contributed by atoms with Gasteiger partial charge in [-0.25, -0.2) is 4.98 Å². The van der Waals surface area contributed by atoms with E-state index in [1.165, 1.54) is 0 Å². The minimum atomic E-state index is -0.340. The van der Waals surface area contributed by atoms with Gasteiger partial charge in [0.25, 0.3) is 5.56 Å². The standard InChI is InChI=1S/C31H35N3O2/c1-23(2)20-21-33(29(35)19-18-25-12-6-4-7-13-25)24(3)30-32-28-17-11-10-16-27(28)31(36)34(30)22-26-14-8-5-9-15-26/h4-17,23-24H,18-22H2,1-3H3. The summed E-state index contributed by atoms with van der Waals surface area (Å²) in [6.45, 7) is 7.36. The fourth-order valence-corrected chi connectivity index (χ4v) is 4.53. The molecular weight excluding hydrogens is 446 g/mol. The first-order valence-electron chi connectivity index (χ1n) is 12.8. The molecule has 186 valence electrons. The van der Waals surface area contributed by atoms with Crippen molar-refractivity contribution in [2.45, 2.75) is 52.6 Å². The number of aromatic nitrogens is 2. The van der Waals surface area contributed by atoms with Crippen LogP contribution in [-0.2, 0) is 17.8 Å². The third-order valence-corrected chi connectivity index (χ3v) is 6.65. The van der Waals surface area contributed by atoms with Crippen molar-refractivity contribution >= 4 is 16.8 Å². The highest BCUT2D eigenvalue weighted by atomic mass is 16.2. The van der Waals surface area contributed by atoms with Gasteiger partial charge in [-0.1, -0.05) is 86.6 Å². The van der Waals surface area contributed by atoms with Crippen molar-refractivity contribution in [3.05, 3.63) is 112 Å². The van der Waals surface area contributed by atoms with Crippen LogP contribution in [0.15, 0.2) is 89.7 Å². The molecule has 1 heterocycles. The highest BCUT2D eigenvalue weighted by Crippen LogP contribution is 2.23. The third-order valence-electron chi connectivity index (χ3n) is 6.65. The summed E-state index contributed by atoms with van der Waals surface area (Å²) in [7, 11) is 0. The van der Waals surface area contributed by atoms with E-state index in [0.717, 1.165) is 17.5 Å². The monoisotopic (exact) mass is 481 g/mol. The van der Waals surface area contributed by atoms with E-state index in [9.17, 15) is 9.59 Å². The van der Waals surface area contributed by atoms with Crippen molar-refractivity contribution in [3.63, 3.8) is 0 Å². The summed E-state index contributed by atoms with van der Waals surface area (Å²) in [5.41, 5.74) is 2.75. The van der Waals surface area contributed by atoms with Crippen LogP contribution in [0.4, 0.5) is 0 Å². The van der Waals surface area contributed by atoms with Crippen molar-refractivity contribution < 1.29 is 4.79 Å². The van der Waals surface area contributed by atoms with Crippen molar-refractivity contribution in [2.24, 2.45) is 5.92 Å². The van der Waals surface area contributed by atoms with E-state index in [-0.39, 0.29) is 17.5 Å². The molecule has 0 aliphatic rings. The topological polar surface area (TPSA) is 55.2 Å². The van der Waals surface area contributed by atoms with Crippen LogP contribution in [0.5, 0.6) is 0 Å². The Balaban J connectivity index is 1.72. The van der Waals surface area contributed by atoms with Crippen LogP contribution in [0.3, 0.4) is 0 Å². The van der Waals surface area contributed by atoms with Gasteiger partial charge < -0.3 is 4.90 Å². The van der Waals surface area contributed by atoms with Gasteiger partial charge >= 0.3 is 0 Å². The Kier molecular flexibility index (Phi) is 8.32. The van der Waals surface area contributed by atoms with Crippen LogP contribution >= 0.6 is 0 Å². The van der Waals surface area contributed by atoms with Gasteiger partial charge in [-0.2, -0.15) is 0 Å². The summed E-state index contributed by atoms with van der Waals surface area (Å²) in [6, 6.07) is 27.1. The molecule has 3 aromatic carbocycles. The molecule has 0 aliphatic carbocycles. The molecule has 0 fully saturated rings. The molecule has 5 nitrogen and oxygen atoms in total. The van der Waals surface area contributed by atoms with E-state index in [4.69, 9.17) is 4.98 Å². The summed E-state index contributed by atoms with van der Waals surface area (Å²) in [6.07, 6.45) is 1.99. The molecular formula is C31H35N3O2. The molecule has 4 aromatic rings. The Labute approximate surface area is 213 Å². The summed E-state index contributed by atoms with van der Waals surface area (Å²) in [5.74, 6) is 1.16. The first-order chi connectivity index (χ1) is 17.4. The zero-order valence-corrected chi connectivity index (χ0v) is 21.4. The maximum absolute atomic E-state index is 13.6. The number of carbonyl (C=O) groups excluding carboxylic acids is 1. The molecule has 0 N–H and O–H groups in total. The van der Waals surface area contributed by atoms with Crippen molar-refractivity contribution in [1.82, 2.24) is 14.5 Å². The molecule has 1 aromatic heterocycles. The highest BCUT2D eigenvalue weighted by Gasteiger charge is 2.26. The Bertz CT molecular complexity index is 1350. The lowest BCUT2D eigenvalue weighted by atomic mass is 10.1. The number of rotatable bonds is 10. The van der Waals surface area contributed by atoms with Crippen molar-refractivity contribution in [2.75, 3.05) is 6.54 Å². The van der Waals surface area contributed by atoms with Crippen LogP contribution in [0.1, 0.15) is 56.6 Å². The number of amides is 1. The lowest BCUT2D eigenvalue weighted by Crippen LogP contribution is -2.39. The largest absolute Gasteiger partial charge is 0.333 e. The van der Waals surface area contributed by atoms with Crippen LogP contribution in [0.25, 0.3) is 10.9 Å². The van der Waals surface area contributed by atoms with Crippen LogP contribution in [0.2, 0.25) is 0 Å². The number of nitrogens with zero attached hydrogens (tertiary/aromatic N) is 3. The molecule has 5 heteroatoms. The third kappa shape index (κ3) is 6.09. The van der Waals surface area contributed by atoms with E-state index in [1.54, 1.807) is 4.57 Å². The summed E-state index contributed by atoms with van der Waals surface area (Å²) in [5, 5.41) is 0.591. The van der Waals surface area contributed by atoms with Crippen molar-refractivity contribution in [1.29, 1.82) is 0 Å². The second-order valence-corrected chi connectivity index (χ2v) is 9.80. The normalized spacial score (nSPS) is 12.1. The Morgan fingerprint density at radius 1 is 0.861 bits per heavy atom. The van der Waals surface area contributed by atoms with E-state index in [0.29, 0.717) is 48.6 Å². The molecule has 0 aliphatic heterocycles. The summed E-state index contributed by atoms with van der Waals surface area (Å²) >= 11 is 0. The number of fused-ring (bicyclic) bond motifs is 1. The number of hydrogen-bond donors (Lipinski definition) is 0. The second kappa shape index (κ2) is 11.8. The SMILES string of the molecule is CC(C)CCN(C(=O)CCc1ccccc1)C(C)c1nc2ccccc2c(=O)n1Cc1ccccc1. The number of aryl methyl sites for hydroxylation is 1. The molecule has 0 spiro atoms. The molecule has 0 saturated carbocycles. The minimum Gasteiger partial charge on any atom is -0.333 e. The van der Waals surface area contributed by atoms with E-state index in [1.807, 2.05) is 84.6 Å². The van der Waals surface area contributed by atoms with E-state index >= 15 is 0 Å². The lowest BCUT2D eigenvalue weighted by molar-refractivity contribution is -0.133. The van der Waals surface area contributed by atoms with Gasteiger partial charge in [0.1, 0.15) is 5.82 Å². The van der Waals surface area contributed by atoms with Gasteiger partial charge in [-0.05, 0) is 48.9 Å². The zero-order chi connectivity index (χ0) is 25.5. The Morgan fingerprint density at radius 3 is 2.14 bits per heavy atom. The van der Waals surface area contributed by atoms with Gasteiger partial charge in [-0.15, -0.1) is 0 Å². The lowest BCUT2D eigenvalue weighted by Gasteiger charge is -2.31. The molecule has 1 amide bonds. The van der Waals surface area contributed by atoms with Gasteiger partial charge in [0.05, 0.1) is 23.5 Å². The smallest absolute Gasteiger partial charge is 0.261 e. The average Bonchev–Trinajstić information content (AvgIpc) is 2.90. The van der Waals surface area contributed by atoms with Gasteiger partial charge in [0, 0.05) is 13.0 Å².